The molecule has 2 unspecified atom stereocenters. The number of likely N-dealkylation sites (tertiary alicyclic amines) is 1. The van der Waals surface area contributed by atoms with Crippen LogP contribution in [0.3, 0.4) is 0 Å². The fraction of sp³-hybridized carbons (Fsp3) is 0.444. The molecule has 1 fully saturated rings. The van der Waals surface area contributed by atoms with Crippen molar-refractivity contribution in [2.24, 2.45) is 11.7 Å². The summed E-state index contributed by atoms with van der Waals surface area (Å²) < 4.78 is 0. The van der Waals surface area contributed by atoms with Crippen LogP contribution in [0, 0.1) is 5.92 Å². The Morgan fingerprint density at radius 3 is 2.75 bits per heavy atom. The Bertz CT molecular complexity index is 573. The molecule has 106 valence electrons. The maximum atomic E-state index is 6.04. The van der Waals surface area contributed by atoms with E-state index in [1.165, 1.54) is 42.3 Å². The Labute approximate surface area is 121 Å². The van der Waals surface area contributed by atoms with Crippen molar-refractivity contribution in [2.45, 2.75) is 25.8 Å². The fourth-order valence-corrected chi connectivity index (χ4v) is 3.67. The average molecular weight is 268 g/mol. The highest BCUT2D eigenvalue weighted by molar-refractivity contribution is 5.86. The molecule has 0 radical (unpaired) electrons. The number of nitrogens with zero attached hydrogens (tertiary/aromatic N) is 1. The Kier molecular flexibility index (Phi) is 4.04. The van der Waals surface area contributed by atoms with E-state index in [0.29, 0.717) is 12.0 Å². The summed E-state index contributed by atoms with van der Waals surface area (Å²) in [6, 6.07) is 15.9. The van der Waals surface area contributed by atoms with Crippen molar-refractivity contribution in [1.82, 2.24) is 4.90 Å². The van der Waals surface area contributed by atoms with Crippen LogP contribution in [-0.4, -0.2) is 24.5 Å². The molecule has 0 saturated carbocycles. The van der Waals surface area contributed by atoms with Gasteiger partial charge in [0.1, 0.15) is 0 Å². The lowest BCUT2D eigenvalue weighted by molar-refractivity contribution is 0.232. The lowest BCUT2D eigenvalue weighted by Gasteiger charge is -2.29. The highest BCUT2D eigenvalue weighted by Crippen LogP contribution is 2.39. The first-order valence-corrected chi connectivity index (χ1v) is 7.77. The smallest absolute Gasteiger partial charge is 0.0394 e. The second-order valence-corrected chi connectivity index (χ2v) is 5.83. The van der Waals surface area contributed by atoms with Gasteiger partial charge in [0, 0.05) is 6.04 Å². The van der Waals surface area contributed by atoms with Crippen molar-refractivity contribution < 1.29 is 0 Å². The second kappa shape index (κ2) is 5.94. The van der Waals surface area contributed by atoms with E-state index >= 15 is 0 Å². The number of hydrogen-bond donors (Lipinski definition) is 1. The highest BCUT2D eigenvalue weighted by atomic mass is 15.2. The van der Waals surface area contributed by atoms with Gasteiger partial charge in [-0.1, -0.05) is 49.4 Å². The molecule has 2 aromatic rings. The van der Waals surface area contributed by atoms with Crippen LogP contribution in [0.25, 0.3) is 10.8 Å². The molecule has 3 rings (SSSR count). The van der Waals surface area contributed by atoms with Crippen molar-refractivity contribution in [1.29, 1.82) is 0 Å². The summed E-state index contributed by atoms with van der Waals surface area (Å²) in [6.07, 6.45) is 2.43. The van der Waals surface area contributed by atoms with Gasteiger partial charge in [-0.3, -0.25) is 4.90 Å². The summed E-state index contributed by atoms with van der Waals surface area (Å²) in [5.74, 6) is 0.590. The van der Waals surface area contributed by atoms with Gasteiger partial charge >= 0.3 is 0 Å². The molecule has 2 N–H and O–H groups in total. The third-order valence-corrected chi connectivity index (χ3v) is 4.58. The third-order valence-electron chi connectivity index (χ3n) is 4.58. The number of fused-ring (bicyclic) bond motifs is 1. The van der Waals surface area contributed by atoms with Crippen molar-refractivity contribution >= 4 is 10.8 Å². The molecule has 2 aromatic carbocycles. The zero-order chi connectivity index (χ0) is 13.9. The van der Waals surface area contributed by atoms with E-state index in [-0.39, 0.29) is 0 Å². The molecule has 1 aliphatic heterocycles. The zero-order valence-electron chi connectivity index (χ0n) is 12.3. The van der Waals surface area contributed by atoms with Gasteiger partial charge in [-0.15, -0.1) is 0 Å². The maximum Gasteiger partial charge on any atom is 0.0394 e. The Morgan fingerprint density at radius 2 is 1.95 bits per heavy atom. The molecule has 1 saturated heterocycles. The van der Waals surface area contributed by atoms with Crippen molar-refractivity contribution in [3.05, 3.63) is 48.0 Å². The summed E-state index contributed by atoms with van der Waals surface area (Å²) in [4.78, 5) is 2.62. The zero-order valence-corrected chi connectivity index (χ0v) is 12.3. The molecule has 1 aliphatic rings. The lowest BCUT2D eigenvalue weighted by atomic mass is 9.90. The van der Waals surface area contributed by atoms with E-state index in [1.807, 2.05) is 0 Å². The van der Waals surface area contributed by atoms with Crippen LogP contribution in [0.2, 0.25) is 0 Å². The van der Waals surface area contributed by atoms with E-state index in [4.69, 9.17) is 5.73 Å². The number of benzene rings is 2. The minimum absolute atomic E-state index is 0.492. The van der Waals surface area contributed by atoms with Gasteiger partial charge in [0.2, 0.25) is 0 Å². The number of hydrogen-bond acceptors (Lipinski definition) is 2. The van der Waals surface area contributed by atoms with E-state index in [2.05, 4.69) is 54.3 Å². The topological polar surface area (TPSA) is 29.3 Å². The first kappa shape index (κ1) is 13.6. The van der Waals surface area contributed by atoms with Crippen LogP contribution in [0.5, 0.6) is 0 Å². The van der Waals surface area contributed by atoms with Crippen LogP contribution < -0.4 is 5.73 Å². The molecule has 20 heavy (non-hydrogen) atoms. The first-order chi connectivity index (χ1) is 9.85. The molecule has 0 aliphatic carbocycles. The van der Waals surface area contributed by atoms with E-state index in [9.17, 15) is 0 Å². The van der Waals surface area contributed by atoms with Crippen LogP contribution in [0.4, 0.5) is 0 Å². The van der Waals surface area contributed by atoms with Crippen LogP contribution in [-0.2, 0) is 0 Å². The molecule has 2 atom stereocenters. The van der Waals surface area contributed by atoms with Gasteiger partial charge in [0.05, 0.1) is 0 Å². The van der Waals surface area contributed by atoms with E-state index in [0.717, 1.165) is 6.54 Å². The lowest BCUT2D eigenvalue weighted by Crippen LogP contribution is -2.29. The highest BCUT2D eigenvalue weighted by Gasteiger charge is 2.34. The molecular weight excluding hydrogens is 244 g/mol. The minimum atomic E-state index is 0.492. The summed E-state index contributed by atoms with van der Waals surface area (Å²) in [5.41, 5.74) is 7.50. The molecular formula is C18H24N2. The first-order valence-electron chi connectivity index (χ1n) is 7.77. The van der Waals surface area contributed by atoms with Gasteiger partial charge in [-0.05, 0) is 54.7 Å². The average Bonchev–Trinajstić information content (AvgIpc) is 2.90. The predicted molar refractivity (Wildman–Crippen MR) is 85.7 cm³/mol. The monoisotopic (exact) mass is 268 g/mol. The molecule has 2 heteroatoms. The molecule has 0 amide bonds. The second-order valence-electron chi connectivity index (χ2n) is 5.83. The number of rotatable bonds is 4. The Balaban J connectivity index is 2.07. The van der Waals surface area contributed by atoms with Gasteiger partial charge in [-0.2, -0.15) is 0 Å². The van der Waals surface area contributed by atoms with Gasteiger partial charge in [-0.25, -0.2) is 0 Å². The van der Waals surface area contributed by atoms with E-state index in [1.54, 1.807) is 0 Å². The standard InChI is InChI=1S/C18H24N2/c1-2-11-20-12-10-15(13-19)18(20)17-9-5-7-14-6-3-4-8-16(14)17/h3-9,15,18H,2,10-13,19H2,1H3. The largest absolute Gasteiger partial charge is 0.330 e. The predicted octanol–water partition coefficient (Wildman–Crippen LogP) is 3.57. The van der Waals surface area contributed by atoms with Crippen LogP contribution >= 0.6 is 0 Å². The molecule has 1 heterocycles. The Morgan fingerprint density at radius 1 is 1.15 bits per heavy atom. The Hall–Kier alpha value is -1.38. The van der Waals surface area contributed by atoms with Gasteiger partial charge < -0.3 is 5.73 Å². The van der Waals surface area contributed by atoms with Gasteiger partial charge in [0.25, 0.3) is 0 Å². The quantitative estimate of drug-likeness (QED) is 0.918. The van der Waals surface area contributed by atoms with Crippen molar-refractivity contribution in [3.63, 3.8) is 0 Å². The molecule has 2 nitrogen and oxygen atoms in total. The summed E-state index contributed by atoms with van der Waals surface area (Å²) in [6.45, 7) is 5.40. The summed E-state index contributed by atoms with van der Waals surface area (Å²) >= 11 is 0. The minimum Gasteiger partial charge on any atom is -0.330 e. The number of nitrogens with two attached hydrogens (primary N) is 1. The SMILES string of the molecule is CCCN1CCC(CN)C1c1cccc2ccccc12. The fourth-order valence-electron chi connectivity index (χ4n) is 3.67. The van der Waals surface area contributed by atoms with Crippen LogP contribution in [0.1, 0.15) is 31.4 Å². The molecule has 0 aromatic heterocycles. The molecule has 0 bridgehead atoms. The van der Waals surface area contributed by atoms with Crippen LogP contribution in [0.15, 0.2) is 42.5 Å². The van der Waals surface area contributed by atoms with Crippen molar-refractivity contribution in [3.8, 4) is 0 Å². The maximum absolute atomic E-state index is 6.04. The van der Waals surface area contributed by atoms with E-state index < -0.39 is 0 Å². The normalized spacial score (nSPS) is 23.5. The summed E-state index contributed by atoms with van der Waals surface area (Å²) in [7, 11) is 0. The third kappa shape index (κ3) is 2.34. The van der Waals surface area contributed by atoms with Gasteiger partial charge in [0.15, 0.2) is 0 Å². The van der Waals surface area contributed by atoms with Crippen molar-refractivity contribution in [2.75, 3.05) is 19.6 Å². The molecule has 0 spiro atoms. The summed E-state index contributed by atoms with van der Waals surface area (Å²) in [5, 5.41) is 2.73.